The zero-order valence-electron chi connectivity index (χ0n) is 16.9. The Kier molecular flexibility index (Phi) is 7.44. The normalized spacial score (nSPS) is 12.6. The molecule has 0 fully saturated rings. The van der Waals surface area contributed by atoms with Gasteiger partial charge < -0.3 is 19.5 Å². The third-order valence-electron chi connectivity index (χ3n) is 4.62. The van der Waals surface area contributed by atoms with Crippen LogP contribution >= 0.6 is 0 Å². The first-order valence-electron chi connectivity index (χ1n) is 9.24. The molecule has 0 heterocycles. The number of carbonyl (C=O) groups excluding carboxylic acids is 2. The van der Waals surface area contributed by atoms with E-state index in [-0.39, 0.29) is 5.91 Å². The summed E-state index contributed by atoms with van der Waals surface area (Å²) in [5.41, 5.74) is 2.21. The number of ether oxygens (including phenoxy) is 3. The minimum absolute atomic E-state index is 0.269. The Hall–Kier alpha value is -3.02. The van der Waals surface area contributed by atoms with E-state index in [9.17, 15) is 9.59 Å². The third kappa shape index (κ3) is 5.03. The highest BCUT2D eigenvalue weighted by Gasteiger charge is 2.20. The van der Waals surface area contributed by atoms with Gasteiger partial charge in [-0.25, -0.2) is 4.79 Å². The molecule has 150 valence electrons. The van der Waals surface area contributed by atoms with E-state index in [4.69, 9.17) is 14.2 Å². The minimum Gasteiger partial charge on any atom is -0.493 e. The van der Waals surface area contributed by atoms with Crippen LogP contribution in [0.1, 0.15) is 49.0 Å². The lowest BCUT2D eigenvalue weighted by Crippen LogP contribution is -2.30. The van der Waals surface area contributed by atoms with E-state index in [0.29, 0.717) is 23.0 Å². The second-order valence-corrected chi connectivity index (χ2v) is 6.50. The van der Waals surface area contributed by atoms with Crippen LogP contribution in [-0.4, -0.2) is 32.2 Å². The molecular weight excluding hydrogens is 358 g/mol. The van der Waals surface area contributed by atoms with Crippen molar-refractivity contribution >= 4 is 17.6 Å². The predicted octanol–water partition coefficient (Wildman–Crippen LogP) is 4.40. The molecular formula is C22H27NO5. The number of methoxy groups -OCH3 is 2. The summed E-state index contributed by atoms with van der Waals surface area (Å²) >= 11 is 0. The van der Waals surface area contributed by atoms with Crippen LogP contribution in [0.15, 0.2) is 42.5 Å². The van der Waals surface area contributed by atoms with Gasteiger partial charge in [0.05, 0.1) is 19.8 Å². The topological polar surface area (TPSA) is 73.9 Å². The Morgan fingerprint density at radius 1 is 1.04 bits per heavy atom. The average molecular weight is 385 g/mol. The Morgan fingerprint density at radius 2 is 1.75 bits per heavy atom. The van der Waals surface area contributed by atoms with Crippen LogP contribution in [0.25, 0.3) is 0 Å². The molecule has 2 aromatic rings. The highest BCUT2D eigenvalue weighted by molar-refractivity contribution is 5.95. The molecule has 6 nitrogen and oxygen atoms in total. The molecule has 0 spiro atoms. The van der Waals surface area contributed by atoms with Crippen molar-refractivity contribution in [3.63, 3.8) is 0 Å². The van der Waals surface area contributed by atoms with Crippen LogP contribution in [0.3, 0.4) is 0 Å². The van der Waals surface area contributed by atoms with E-state index < -0.39 is 12.1 Å². The van der Waals surface area contributed by atoms with Crippen LogP contribution in [-0.2, 0) is 9.53 Å². The first-order chi connectivity index (χ1) is 13.4. The van der Waals surface area contributed by atoms with Crippen molar-refractivity contribution in [2.75, 3.05) is 19.5 Å². The molecule has 2 rings (SSSR count). The summed E-state index contributed by atoms with van der Waals surface area (Å²) in [5.74, 6) is 0.307. The number of carbonyl (C=O) groups is 2. The van der Waals surface area contributed by atoms with E-state index in [2.05, 4.69) is 19.2 Å². The van der Waals surface area contributed by atoms with E-state index in [0.717, 1.165) is 17.7 Å². The predicted molar refractivity (Wildman–Crippen MR) is 108 cm³/mol. The van der Waals surface area contributed by atoms with Crippen LogP contribution < -0.4 is 14.8 Å². The molecule has 0 unspecified atom stereocenters. The minimum atomic E-state index is -0.761. The molecule has 1 amide bonds. The van der Waals surface area contributed by atoms with Crippen molar-refractivity contribution in [2.45, 2.75) is 39.2 Å². The molecule has 0 aliphatic heterocycles. The SMILES string of the molecule is CC[C@H](C)c1ccccc1NC(=O)[C@@H](C)Oc1ccc(C(=O)OC)cc1OC. The van der Waals surface area contributed by atoms with E-state index >= 15 is 0 Å². The van der Waals surface area contributed by atoms with Crippen molar-refractivity contribution in [3.05, 3.63) is 53.6 Å². The van der Waals surface area contributed by atoms with Gasteiger partial charge in [-0.05, 0) is 49.1 Å². The zero-order chi connectivity index (χ0) is 20.7. The highest BCUT2D eigenvalue weighted by Crippen LogP contribution is 2.30. The largest absolute Gasteiger partial charge is 0.493 e. The average Bonchev–Trinajstić information content (AvgIpc) is 2.73. The van der Waals surface area contributed by atoms with Crippen molar-refractivity contribution in [2.24, 2.45) is 0 Å². The molecule has 0 aromatic heterocycles. The first-order valence-corrected chi connectivity index (χ1v) is 9.24. The Morgan fingerprint density at radius 3 is 2.39 bits per heavy atom. The summed E-state index contributed by atoms with van der Waals surface area (Å²) in [6, 6.07) is 12.4. The number of esters is 1. The standard InChI is InChI=1S/C22H27NO5/c1-6-14(2)17-9-7-8-10-18(17)23-21(24)15(3)28-19-12-11-16(22(25)27-5)13-20(19)26-4/h7-15H,6H2,1-5H3,(H,23,24)/t14-,15+/m0/s1. The molecule has 2 aromatic carbocycles. The maximum absolute atomic E-state index is 12.7. The van der Waals surface area contributed by atoms with E-state index in [1.165, 1.54) is 20.3 Å². The molecule has 1 N–H and O–H groups in total. The Balaban J connectivity index is 2.14. The van der Waals surface area contributed by atoms with Gasteiger partial charge >= 0.3 is 5.97 Å². The highest BCUT2D eigenvalue weighted by atomic mass is 16.5. The van der Waals surface area contributed by atoms with Crippen LogP contribution in [0.4, 0.5) is 5.69 Å². The van der Waals surface area contributed by atoms with Crippen molar-refractivity contribution in [3.8, 4) is 11.5 Å². The maximum Gasteiger partial charge on any atom is 0.337 e. The summed E-state index contributed by atoms with van der Waals surface area (Å²) in [7, 11) is 2.78. The fourth-order valence-electron chi connectivity index (χ4n) is 2.75. The zero-order valence-corrected chi connectivity index (χ0v) is 16.9. The lowest BCUT2D eigenvalue weighted by atomic mass is 9.97. The molecule has 2 atom stereocenters. The van der Waals surface area contributed by atoms with Crippen LogP contribution in [0.2, 0.25) is 0 Å². The number of hydrogen-bond donors (Lipinski definition) is 1. The van der Waals surface area contributed by atoms with Crippen molar-refractivity contribution in [1.29, 1.82) is 0 Å². The van der Waals surface area contributed by atoms with Crippen molar-refractivity contribution in [1.82, 2.24) is 0 Å². The van der Waals surface area contributed by atoms with Gasteiger partial charge in [0.2, 0.25) is 0 Å². The Bertz CT molecular complexity index is 833. The van der Waals surface area contributed by atoms with Gasteiger partial charge in [0.15, 0.2) is 17.6 Å². The summed E-state index contributed by atoms with van der Waals surface area (Å²) in [6.07, 6.45) is 0.214. The first kappa shape index (κ1) is 21.3. The molecule has 0 saturated heterocycles. The molecule has 0 aliphatic rings. The third-order valence-corrected chi connectivity index (χ3v) is 4.62. The van der Waals surface area contributed by atoms with Gasteiger partial charge in [-0.15, -0.1) is 0 Å². The summed E-state index contributed by atoms with van der Waals surface area (Å²) < 4.78 is 15.8. The molecule has 0 saturated carbocycles. The number of amides is 1. The number of anilines is 1. The van der Waals surface area contributed by atoms with Gasteiger partial charge in [-0.3, -0.25) is 4.79 Å². The number of rotatable bonds is 8. The van der Waals surface area contributed by atoms with Gasteiger partial charge in [0.25, 0.3) is 5.91 Å². The fourth-order valence-corrected chi connectivity index (χ4v) is 2.75. The monoisotopic (exact) mass is 385 g/mol. The number of nitrogens with one attached hydrogen (secondary N) is 1. The van der Waals surface area contributed by atoms with Gasteiger partial charge in [-0.1, -0.05) is 32.0 Å². The Labute approximate surface area is 165 Å². The van der Waals surface area contributed by atoms with Gasteiger partial charge in [-0.2, -0.15) is 0 Å². The van der Waals surface area contributed by atoms with E-state index in [1.807, 2.05) is 24.3 Å². The lowest BCUT2D eigenvalue weighted by Gasteiger charge is -2.19. The smallest absolute Gasteiger partial charge is 0.337 e. The summed E-state index contributed by atoms with van der Waals surface area (Å²) in [6.45, 7) is 5.90. The maximum atomic E-state index is 12.7. The fraction of sp³-hybridized carbons (Fsp3) is 0.364. The number of hydrogen-bond acceptors (Lipinski definition) is 5. The molecule has 0 radical (unpaired) electrons. The number of para-hydroxylation sites is 1. The lowest BCUT2D eigenvalue weighted by molar-refractivity contribution is -0.122. The molecule has 0 aliphatic carbocycles. The molecule has 0 bridgehead atoms. The second-order valence-electron chi connectivity index (χ2n) is 6.50. The number of benzene rings is 2. The molecule has 6 heteroatoms. The molecule has 28 heavy (non-hydrogen) atoms. The van der Waals surface area contributed by atoms with Gasteiger partial charge in [0, 0.05) is 5.69 Å². The summed E-state index contributed by atoms with van der Waals surface area (Å²) in [5, 5.41) is 2.94. The van der Waals surface area contributed by atoms with Crippen molar-refractivity contribution < 1.29 is 23.8 Å². The van der Waals surface area contributed by atoms with E-state index in [1.54, 1.807) is 19.1 Å². The summed E-state index contributed by atoms with van der Waals surface area (Å²) in [4.78, 5) is 24.3. The van der Waals surface area contributed by atoms with Crippen LogP contribution in [0.5, 0.6) is 11.5 Å². The quantitative estimate of drug-likeness (QED) is 0.682. The second kappa shape index (κ2) is 9.78. The van der Waals surface area contributed by atoms with Gasteiger partial charge in [0.1, 0.15) is 0 Å². The van der Waals surface area contributed by atoms with Crippen LogP contribution in [0, 0.1) is 0 Å².